The molecule has 1 aromatic carbocycles. The Labute approximate surface area is 185 Å². The number of ether oxygens (including phenoxy) is 1. The monoisotopic (exact) mass is 486 g/mol. The lowest BCUT2D eigenvalue weighted by molar-refractivity contribution is -0.161. The molecular formula is C20H12F6N4O4. The number of aromatic nitrogens is 3. The number of esters is 1. The molecule has 0 saturated carbocycles. The topological polar surface area (TPSA) is 98.7 Å². The fraction of sp³-hybridized carbons (Fsp3) is 0.200. The highest BCUT2D eigenvalue weighted by atomic mass is 19.4. The molecule has 0 atom stereocenters. The molecule has 0 aliphatic rings. The summed E-state index contributed by atoms with van der Waals surface area (Å²) in [5, 5.41) is 6.23. The van der Waals surface area contributed by atoms with Crippen molar-refractivity contribution in [1.82, 2.24) is 19.9 Å². The van der Waals surface area contributed by atoms with Crippen LogP contribution in [0.2, 0.25) is 0 Å². The van der Waals surface area contributed by atoms with Crippen LogP contribution in [0.4, 0.5) is 26.3 Å². The Kier molecular flexibility index (Phi) is 5.67. The van der Waals surface area contributed by atoms with Crippen LogP contribution in [-0.2, 0) is 17.5 Å². The van der Waals surface area contributed by atoms with E-state index in [2.05, 4.69) is 20.1 Å². The molecule has 178 valence electrons. The zero-order valence-electron chi connectivity index (χ0n) is 16.7. The van der Waals surface area contributed by atoms with E-state index < -0.39 is 47.5 Å². The van der Waals surface area contributed by atoms with Gasteiger partial charge in [-0.2, -0.15) is 31.4 Å². The van der Waals surface area contributed by atoms with E-state index in [4.69, 9.17) is 4.42 Å². The van der Waals surface area contributed by atoms with Crippen LogP contribution in [0.15, 0.2) is 47.3 Å². The minimum Gasteiger partial charge on any atom is -0.458 e. The van der Waals surface area contributed by atoms with Gasteiger partial charge in [0.25, 0.3) is 5.91 Å². The third-order valence-electron chi connectivity index (χ3n) is 4.53. The van der Waals surface area contributed by atoms with Crippen LogP contribution in [0.25, 0.3) is 16.6 Å². The minimum atomic E-state index is -4.89. The summed E-state index contributed by atoms with van der Waals surface area (Å²) in [5.74, 6) is -2.32. The third-order valence-corrected chi connectivity index (χ3v) is 4.53. The molecule has 4 rings (SSSR count). The second kappa shape index (κ2) is 8.35. The second-order valence-corrected chi connectivity index (χ2v) is 6.97. The Morgan fingerprint density at radius 2 is 1.85 bits per heavy atom. The molecule has 0 radical (unpaired) electrons. The number of rotatable bonds is 5. The van der Waals surface area contributed by atoms with Crippen molar-refractivity contribution in [3.8, 4) is 0 Å². The molecule has 4 aromatic rings. The van der Waals surface area contributed by atoms with Crippen LogP contribution < -0.4 is 5.32 Å². The molecule has 1 amide bonds. The van der Waals surface area contributed by atoms with E-state index in [0.717, 1.165) is 6.07 Å². The van der Waals surface area contributed by atoms with Crippen molar-refractivity contribution in [2.24, 2.45) is 0 Å². The maximum absolute atomic E-state index is 13.2. The van der Waals surface area contributed by atoms with E-state index in [1.165, 1.54) is 16.9 Å². The first-order valence-corrected chi connectivity index (χ1v) is 9.36. The molecule has 0 aliphatic heterocycles. The summed E-state index contributed by atoms with van der Waals surface area (Å²) in [6.45, 7) is -2.29. The van der Waals surface area contributed by atoms with Gasteiger partial charge in [0, 0.05) is 17.8 Å². The van der Waals surface area contributed by atoms with E-state index in [1.807, 2.05) is 0 Å². The van der Waals surface area contributed by atoms with Gasteiger partial charge in [-0.25, -0.2) is 14.3 Å². The summed E-state index contributed by atoms with van der Waals surface area (Å²) in [6.07, 6.45) is -5.49. The van der Waals surface area contributed by atoms with Gasteiger partial charge in [0.15, 0.2) is 12.3 Å². The first-order valence-electron chi connectivity index (χ1n) is 9.36. The van der Waals surface area contributed by atoms with E-state index in [1.54, 1.807) is 12.3 Å². The van der Waals surface area contributed by atoms with Crippen molar-refractivity contribution in [2.45, 2.75) is 18.9 Å². The Balaban J connectivity index is 1.61. The maximum atomic E-state index is 13.2. The highest BCUT2D eigenvalue weighted by molar-refractivity contribution is 6.03. The number of halogens is 6. The van der Waals surface area contributed by atoms with Crippen molar-refractivity contribution < 1.29 is 45.1 Å². The normalized spacial score (nSPS) is 12.3. The molecule has 0 bridgehead atoms. The molecule has 8 nitrogen and oxygen atoms in total. The van der Waals surface area contributed by atoms with Crippen LogP contribution in [0.1, 0.15) is 32.0 Å². The molecule has 0 saturated heterocycles. The van der Waals surface area contributed by atoms with Crippen LogP contribution in [0.5, 0.6) is 0 Å². The van der Waals surface area contributed by atoms with Gasteiger partial charge in [-0.1, -0.05) is 0 Å². The number of carbonyl (C=O) groups is 2. The molecule has 3 heterocycles. The smallest absolute Gasteiger partial charge is 0.422 e. The lowest BCUT2D eigenvalue weighted by atomic mass is 10.1. The third kappa shape index (κ3) is 4.79. The van der Waals surface area contributed by atoms with Crippen LogP contribution in [0.3, 0.4) is 0 Å². The van der Waals surface area contributed by atoms with Crippen molar-refractivity contribution >= 4 is 28.5 Å². The molecule has 0 spiro atoms. The quantitative estimate of drug-likeness (QED) is 0.336. The number of alkyl halides is 6. The molecule has 3 aromatic heterocycles. The summed E-state index contributed by atoms with van der Waals surface area (Å²) in [5.41, 5.74) is -2.16. The van der Waals surface area contributed by atoms with Crippen LogP contribution in [0, 0.1) is 0 Å². The number of carbonyl (C=O) groups excluding carboxylic acids is 2. The fourth-order valence-corrected chi connectivity index (χ4v) is 3.08. The van der Waals surface area contributed by atoms with Gasteiger partial charge in [0.1, 0.15) is 22.5 Å². The molecule has 0 aliphatic carbocycles. The van der Waals surface area contributed by atoms with Gasteiger partial charge in [-0.3, -0.25) is 4.79 Å². The van der Waals surface area contributed by atoms with Gasteiger partial charge < -0.3 is 14.5 Å². The molecule has 14 heteroatoms. The molecule has 1 N–H and O–H groups in total. The van der Waals surface area contributed by atoms with Gasteiger partial charge in [-0.05, 0) is 24.3 Å². The average molecular weight is 486 g/mol. The van der Waals surface area contributed by atoms with Gasteiger partial charge in [-0.15, -0.1) is 0 Å². The average Bonchev–Trinajstić information content (AvgIpc) is 3.38. The predicted octanol–water partition coefficient (Wildman–Crippen LogP) is 4.14. The lowest BCUT2D eigenvalue weighted by Gasteiger charge is -2.11. The zero-order chi connectivity index (χ0) is 24.7. The first kappa shape index (κ1) is 23.1. The van der Waals surface area contributed by atoms with Gasteiger partial charge in [0.05, 0.1) is 18.3 Å². The highest BCUT2D eigenvalue weighted by Gasteiger charge is 2.35. The van der Waals surface area contributed by atoms with E-state index >= 15 is 0 Å². The number of benzene rings is 1. The van der Waals surface area contributed by atoms with Crippen LogP contribution in [-0.4, -0.2) is 39.3 Å². The molecular weight excluding hydrogens is 474 g/mol. The largest absolute Gasteiger partial charge is 0.458 e. The zero-order valence-corrected chi connectivity index (χ0v) is 16.7. The van der Waals surface area contributed by atoms with Gasteiger partial charge in [0.2, 0.25) is 0 Å². The number of hydrogen-bond acceptors (Lipinski definition) is 6. The standard InChI is InChI=1S/C20H12F6N4O4/c21-19(22,23)9-33-18(32)13-6-11(20(24,25)26)4-10-5-12(34-15(10)13)7-28-17(31)14-8-29-30-3-1-2-27-16(14)30/h1-6,8H,7,9H2,(H,28,31). The van der Waals surface area contributed by atoms with Crippen LogP contribution >= 0.6 is 0 Å². The number of nitrogens with zero attached hydrogens (tertiary/aromatic N) is 3. The van der Waals surface area contributed by atoms with Crippen molar-refractivity contribution in [2.75, 3.05) is 6.61 Å². The summed E-state index contributed by atoms with van der Waals surface area (Å²) in [6, 6.07) is 3.74. The number of nitrogens with one attached hydrogen (secondary N) is 1. The number of fused-ring (bicyclic) bond motifs is 2. The van der Waals surface area contributed by atoms with E-state index in [0.29, 0.717) is 12.1 Å². The van der Waals surface area contributed by atoms with Gasteiger partial charge >= 0.3 is 18.3 Å². The summed E-state index contributed by atoms with van der Waals surface area (Å²) in [4.78, 5) is 28.6. The number of amides is 1. The predicted molar refractivity (Wildman–Crippen MR) is 102 cm³/mol. The molecule has 34 heavy (non-hydrogen) atoms. The highest BCUT2D eigenvalue weighted by Crippen LogP contribution is 2.35. The minimum absolute atomic E-state index is 0.0584. The van der Waals surface area contributed by atoms with Crippen molar-refractivity contribution in [1.29, 1.82) is 0 Å². The summed E-state index contributed by atoms with van der Waals surface area (Å²) in [7, 11) is 0. The van der Waals surface area contributed by atoms with E-state index in [-0.39, 0.29) is 28.9 Å². The Morgan fingerprint density at radius 3 is 2.56 bits per heavy atom. The SMILES string of the molecule is O=C(OCC(F)(F)F)c1cc(C(F)(F)F)cc2cc(CNC(=O)c3cnn4cccnc34)oc12. The second-order valence-electron chi connectivity index (χ2n) is 6.97. The first-order chi connectivity index (χ1) is 15.9. The maximum Gasteiger partial charge on any atom is 0.422 e. The van der Waals surface area contributed by atoms with E-state index in [9.17, 15) is 35.9 Å². The van der Waals surface area contributed by atoms with Crippen molar-refractivity contribution in [3.63, 3.8) is 0 Å². The lowest BCUT2D eigenvalue weighted by Crippen LogP contribution is -2.22. The Hall–Kier alpha value is -4.10. The summed E-state index contributed by atoms with van der Waals surface area (Å²) < 4.78 is 87.7. The molecule has 0 unspecified atom stereocenters. The molecule has 0 fully saturated rings. The Morgan fingerprint density at radius 1 is 1.09 bits per heavy atom. The summed E-state index contributed by atoms with van der Waals surface area (Å²) >= 11 is 0. The number of furan rings is 1. The van der Waals surface area contributed by atoms with Crippen molar-refractivity contribution in [3.05, 3.63) is 65.3 Å². The number of hydrogen-bond donors (Lipinski definition) is 1. The fourth-order valence-electron chi connectivity index (χ4n) is 3.08. The Bertz CT molecular complexity index is 1390.